The molecular formula is C28H38O3. The Kier molecular flexibility index (Phi) is 4.27. The molecule has 0 saturated heterocycles. The summed E-state index contributed by atoms with van der Waals surface area (Å²) in [4.78, 5) is 26.0. The van der Waals surface area contributed by atoms with Crippen LogP contribution in [-0.2, 0) is 9.59 Å². The zero-order valence-electron chi connectivity index (χ0n) is 20.1. The Balaban J connectivity index is 1.64. The molecular weight excluding hydrogens is 384 g/mol. The van der Waals surface area contributed by atoms with Crippen molar-refractivity contribution in [3.63, 3.8) is 0 Å². The Labute approximate surface area is 187 Å². The topological polar surface area (TPSA) is 54.4 Å². The van der Waals surface area contributed by atoms with Crippen LogP contribution in [-0.4, -0.2) is 16.7 Å². The molecule has 0 amide bonds. The Bertz CT molecular complexity index is 978. The van der Waals surface area contributed by atoms with Gasteiger partial charge in [-0.3, -0.25) is 9.59 Å². The predicted molar refractivity (Wildman–Crippen MR) is 122 cm³/mol. The van der Waals surface area contributed by atoms with Gasteiger partial charge in [0.25, 0.3) is 0 Å². The summed E-state index contributed by atoms with van der Waals surface area (Å²) < 4.78 is 0. The molecule has 5 aliphatic carbocycles. The van der Waals surface area contributed by atoms with Crippen LogP contribution in [0.25, 0.3) is 0 Å². The van der Waals surface area contributed by atoms with Crippen LogP contribution in [0.15, 0.2) is 34.6 Å². The summed E-state index contributed by atoms with van der Waals surface area (Å²) in [6, 6.07) is 0. The number of allylic oxidation sites excluding steroid dienone is 5. The van der Waals surface area contributed by atoms with Crippen molar-refractivity contribution < 1.29 is 14.7 Å². The highest BCUT2D eigenvalue weighted by atomic mass is 16.3. The van der Waals surface area contributed by atoms with Crippen molar-refractivity contribution in [3.05, 3.63) is 34.6 Å². The molecule has 0 aromatic heterocycles. The number of Topliss-reactive ketones (excluding diaryl/α,β-unsaturated/α-hetero) is 2. The number of carbonyl (C=O) groups excluding carboxylic acids is 2. The molecule has 3 fully saturated rings. The minimum absolute atomic E-state index is 0.0327. The summed E-state index contributed by atoms with van der Waals surface area (Å²) in [7, 11) is 0. The van der Waals surface area contributed by atoms with Gasteiger partial charge in [0.1, 0.15) is 5.78 Å². The SMILES string of the molecule is CC1=C2CC[C@]3(C)[C@H](CC=C4C5CC(C)(C)CCC5C(=O)C[C@]43C)[C@@]2(C)C=C(O)C1=O. The van der Waals surface area contributed by atoms with E-state index < -0.39 is 0 Å². The number of aliphatic hydroxyl groups is 1. The fourth-order valence-electron chi connectivity index (χ4n) is 8.77. The van der Waals surface area contributed by atoms with E-state index in [1.54, 1.807) is 5.57 Å². The molecule has 3 saturated carbocycles. The lowest BCUT2D eigenvalue weighted by Gasteiger charge is -2.66. The third-order valence-corrected chi connectivity index (χ3v) is 10.7. The van der Waals surface area contributed by atoms with Gasteiger partial charge in [0.05, 0.1) is 0 Å². The summed E-state index contributed by atoms with van der Waals surface area (Å²) in [6.07, 6.45) is 11.1. The summed E-state index contributed by atoms with van der Waals surface area (Å²) in [5.41, 5.74) is 3.28. The van der Waals surface area contributed by atoms with Crippen LogP contribution < -0.4 is 0 Å². The third kappa shape index (κ3) is 2.58. The predicted octanol–water partition coefficient (Wildman–Crippen LogP) is 6.50. The lowest BCUT2D eigenvalue weighted by atomic mass is 9.37. The van der Waals surface area contributed by atoms with Gasteiger partial charge in [-0.2, -0.15) is 0 Å². The third-order valence-electron chi connectivity index (χ3n) is 10.7. The summed E-state index contributed by atoms with van der Waals surface area (Å²) in [5.74, 6) is 1.04. The fraction of sp³-hybridized carbons (Fsp3) is 0.714. The maximum Gasteiger partial charge on any atom is 0.222 e. The highest BCUT2D eigenvalue weighted by molar-refractivity contribution is 6.08. The Morgan fingerprint density at radius 3 is 2.45 bits per heavy atom. The van der Waals surface area contributed by atoms with E-state index in [0.717, 1.165) is 44.1 Å². The Morgan fingerprint density at radius 2 is 1.74 bits per heavy atom. The van der Waals surface area contributed by atoms with Crippen LogP contribution in [0, 0.1) is 39.4 Å². The highest BCUT2D eigenvalue weighted by Gasteiger charge is 2.65. The average molecular weight is 423 g/mol. The number of ketones is 2. The standard InChI is InChI=1S/C28H38O3/c1-16-19-10-12-27(5)23(26(19,4)14-22(30)24(16)31)8-7-20-18-13-25(2,3)11-9-17(18)21(29)15-28(20,27)6/h7,14,17-18,23,30H,8-13,15H2,1-6H3/t17?,18?,23-,26+,27-,28-/m1/s1. The number of aliphatic hydroxyl groups excluding tert-OH is 1. The van der Waals surface area contributed by atoms with Gasteiger partial charge >= 0.3 is 0 Å². The molecule has 2 unspecified atom stereocenters. The van der Waals surface area contributed by atoms with Crippen molar-refractivity contribution in [2.75, 3.05) is 0 Å². The van der Waals surface area contributed by atoms with Crippen LogP contribution in [0.1, 0.15) is 86.5 Å². The molecule has 6 atom stereocenters. The van der Waals surface area contributed by atoms with Crippen molar-refractivity contribution in [1.29, 1.82) is 0 Å². The van der Waals surface area contributed by atoms with Gasteiger partial charge in [0, 0.05) is 28.7 Å². The lowest BCUT2D eigenvalue weighted by molar-refractivity contribution is -0.141. The largest absolute Gasteiger partial charge is 0.504 e. The van der Waals surface area contributed by atoms with E-state index in [-0.39, 0.29) is 39.6 Å². The van der Waals surface area contributed by atoms with Gasteiger partial charge in [-0.15, -0.1) is 0 Å². The lowest BCUT2D eigenvalue weighted by Crippen LogP contribution is -2.60. The smallest absolute Gasteiger partial charge is 0.222 e. The van der Waals surface area contributed by atoms with Gasteiger partial charge in [-0.25, -0.2) is 0 Å². The zero-order valence-corrected chi connectivity index (χ0v) is 20.1. The van der Waals surface area contributed by atoms with Crippen LogP contribution in [0.2, 0.25) is 0 Å². The van der Waals surface area contributed by atoms with Crippen molar-refractivity contribution in [2.45, 2.75) is 86.5 Å². The van der Waals surface area contributed by atoms with Crippen molar-refractivity contribution in [3.8, 4) is 0 Å². The molecule has 0 aromatic carbocycles. The maximum absolute atomic E-state index is 13.5. The number of carbonyl (C=O) groups is 2. The molecule has 5 rings (SSSR count). The minimum atomic E-state index is -0.328. The molecule has 3 heteroatoms. The van der Waals surface area contributed by atoms with Gasteiger partial charge in [0.15, 0.2) is 5.76 Å². The first-order chi connectivity index (χ1) is 14.3. The van der Waals surface area contributed by atoms with Crippen molar-refractivity contribution >= 4 is 11.6 Å². The van der Waals surface area contributed by atoms with Crippen molar-refractivity contribution in [1.82, 2.24) is 0 Å². The molecule has 31 heavy (non-hydrogen) atoms. The first-order valence-corrected chi connectivity index (χ1v) is 12.2. The van der Waals surface area contributed by atoms with E-state index in [2.05, 4.69) is 40.7 Å². The van der Waals surface area contributed by atoms with E-state index in [1.807, 2.05) is 13.0 Å². The maximum atomic E-state index is 13.5. The van der Waals surface area contributed by atoms with Crippen LogP contribution >= 0.6 is 0 Å². The second-order valence-corrected chi connectivity index (χ2v) is 12.7. The van der Waals surface area contributed by atoms with E-state index in [9.17, 15) is 14.7 Å². The number of rotatable bonds is 0. The highest BCUT2D eigenvalue weighted by Crippen LogP contribution is 2.71. The fourth-order valence-corrected chi connectivity index (χ4v) is 8.77. The first kappa shape index (κ1) is 21.2. The Morgan fingerprint density at radius 1 is 1.03 bits per heavy atom. The van der Waals surface area contributed by atoms with Gasteiger partial charge < -0.3 is 5.11 Å². The molecule has 1 N–H and O–H groups in total. The van der Waals surface area contributed by atoms with Gasteiger partial charge in [-0.05, 0) is 74.2 Å². The van der Waals surface area contributed by atoms with E-state index in [0.29, 0.717) is 23.5 Å². The minimum Gasteiger partial charge on any atom is -0.504 e. The van der Waals surface area contributed by atoms with Crippen molar-refractivity contribution in [2.24, 2.45) is 39.4 Å². The van der Waals surface area contributed by atoms with E-state index in [1.165, 1.54) is 5.57 Å². The molecule has 168 valence electrons. The second-order valence-electron chi connectivity index (χ2n) is 12.7. The zero-order chi connectivity index (χ0) is 22.6. The van der Waals surface area contributed by atoms with E-state index in [4.69, 9.17) is 0 Å². The van der Waals surface area contributed by atoms with Crippen LogP contribution in [0.4, 0.5) is 0 Å². The quantitative estimate of drug-likeness (QED) is 0.453. The molecule has 5 aliphatic rings. The molecule has 0 spiro atoms. The van der Waals surface area contributed by atoms with Crippen LogP contribution in [0.5, 0.6) is 0 Å². The summed E-state index contributed by atoms with van der Waals surface area (Å²) >= 11 is 0. The summed E-state index contributed by atoms with van der Waals surface area (Å²) in [5, 5.41) is 10.5. The second kappa shape index (κ2) is 6.23. The molecule has 0 aromatic rings. The summed E-state index contributed by atoms with van der Waals surface area (Å²) in [6.45, 7) is 13.6. The van der Waals surface area contributed by atoms with Gasteiger partial charge in [0.2, 0.25) is 5.78 Å². The molecule has 0 aliphatic heterocycles. The van der Waals surface area contributed by atoms with Crippen LogP contribution in [0.3, 0.4) is 0 Å². The number of fused-ring (bicyclic) bond motifs is 7. The molecule has 3 nitrogen and oxygen atoms in total. The van der Waals surface area contributed by atoms with Gasteiger partial charge in [-0.1, -0.05) is 51.8 Å². The molecule has 0 heterocycles. The number of hydrogen-bond donors (Lipinski definition) is 1. The normalized spacial score (nSPS) is 46.3. The molecule has 0 bridgehead atoms. The number of hydrogen-bond acceptors (Lipinski definition) is 3. The molecule has 0 radical (unpaired) electrons. The first-order valence-electron chi connectivity index (χ1n) is 12.2. The van der Waals surface area contributed by atoms with E-state index >= 15 is 0 Å². The Hall–Kier alpha value is -1.64. The monoisotopic (exact) mass is 422 g/mol. The average Bonchev–Trinajstić information content (AvgIpc) is 2.66.